The van der Waals surface area contributed by atoms with Crippen LogP contribution in [0.5, 0.6) is 0 Å². The lowest BCUT2D eigenvalue weighted by molar-refractivity contribution is 0.508. The molecule has 0 aliphatic heterocycles. The average molecular weight is 350 g/mol. The highest BCUT2D eigenvalue weighted by Crippen LogP contribution is 2.22. The van der Waals surface area contributed by atoms with E-state index in [4.69, 9.17) is 0 Å². The fourth-order valence-corrected chi connectivity index (χ4v) is 3.54. The molecule has 26 heavy (non-hydrogen) atoms. The Morgan fingerprint density at radius 1 is 0.962 bits per heavy atom. The van der Waals surface area contributed by atoms with Gasteiger partial charge in [-0.1, -0.05) is 61.4 Å². The Balaban J connectivity index is 1.60. The summed E-state index contributed by atoms with van der Waals surface area (Å²) >= 11 is 0. The molecule has 1 aliphatic rings. The average Bonchev–Trinajstić information content (AvgIpc) is 3.32. The van der Waals surface area contributed by atoms with Crippen LogP contribution in [-0.4, -0.2) is 21.0 Å². The Bertz CT molecular complexity index is 853. The van der Waals surface area contributed by atoms with Gasteiger partial charge in [-0.15, -0.1) is 0 Å². The van der Waals surface area contributed by atoms with Gasteiger partial charge < -0.3 is 5.32 Å². The third-order valence-corrected chi connectivity index (χ3v) is 4.96. The number of hydrogen-bond donors (Lipinski definition) is 1. The number of hydrogen-bond acceptors (Lipinski definition) is 3. The van der Waals surface area contributed by atoms with Gasteiger partial charge in [-0.05, 0) is 18.9 Å². The van der Waals surface area contributed by atoms with Gasteiger partial charge in [0.25, 0.3) is 0 Å². The molecule has 0 spiro atoms. The van der Waals surface area contributed by atoms with Gasteiger partial charge in [0.05, 0.1) is 6.54 Å². The normalized spacial score (nSPS) is 14.8. The molecule has 134 valence electrons. The monoisotopic (exact) mass is 350 g/mol. The Morgan fingerprint density at radius 2 is 1.69 bits per heavy atom. The molecule has 0 unspecified atom stereocenters. The molecule has 0 radical (unpaired) electrons. The number of benzene rings is 2. The number of aromatic nitrogens is 3. The van der Waals surface area contributed by atoms with Crippen molar-refractivity contribution in [3.05, 3.63) is 71.7 Å². The first-order valence-corrected chi connectivity index (χ1v) is 9.26. The van der Waals surface area contributed by atoms with Gasteiger partial charge in [-0.25, -0.2) is 4.39 Å². The molecule has 0 bridgehead atoms. The number of nitrogens with one attached hydrogen (secondary N) is 1. The van der Waals surface area contributed by atoms with Crippen molar-refractivity contribution in [2.24, 2.45) is 0 Å². The molecule has 1 heterocycles. The van der Waals surface area contributed by atoms with Crippen molar-refractivity contribution in [2.45, 2.75) is 44.8 Å². The second-order valence-electron chi connectivity index (χ2n) is 6.85. The summed E-state index contributed by atoms with van der Waals surface area (Å²) in [6.07, 6.45) is 5.04. The highest BCUT2D eigenvalue weighted by molar-refractivity contribution is 5.60. The first-order chi connectivity index (χ1) is 12.8. The van der Waals surface area contributed by atoms with Crippen molar-refractivity contribution < 1.29 is 4.39 Å². The minimum Gasteiger partial charge on any atom is -0.308 e. The molecule has 1 fully saturated rings. The Hall–Kier alpha value is -2.53. The van der Waals surface area contributed by atoms with E-state index in [1.807, 2.05) is 36.4 Å². The van der Waals surface area contributed by atoms with Crippen LogP contribution >= 0.6 is 0 Å². The zero-order valence-corrected chi connectivity index (χ0v) is 14.7. The van der Waals surface area contributed by atoms with Crippen LogP contribution in [0.25, 0.3) is 11.3 Å². The first-order valence-electron chi connectivity index (χ1n) is 9.26. The van der Waals surface area contributed by atoms with Crippen LogP contribution in [0.3, 0.4) is 0 Å². The van der Waals surface area contributed by atoms with Crippen LogP contribution in [0.1, 0.15) is 36.9 Å². The van der Waals surface area contributed by atoms with Crippen molar-refractivity contribution in [1.82, 2.24) is 20.3 Å². The molecular formula is C21H23FN4. The van der Waals surface area contributed by atoms with E-state index in [1.165, 1.54) is 31.7 Å². The van der Waals surface area contributed by atoms with E-state index in [0.29, 0.717) is 24.7 Å². The fraction of sp³-hybridized carbons (Fsp3) is 0.333. The van der Waals surface area contributed by atoms with Gasteiger partial charge in [-0.3, -0.25) is 0 Å². The maximum atomic E-state index is 14.0. The van der Waals surface area contributed by atoms with Gasteiger partial charge in [0.15, 0.2) is 0 Å². The van der Waals surface area contributed by atoms with Crippen molar-refractivity contribution in [1.29, 1.82) is 0 Å². The van der Waals surface area contributed by atoms with Crippen molar-refractivity contribution in [2.75, 3.05) is 0 Å². The largest absolute Gasteiger partial charge is 0.308 e. The van der Waals surface area contributed by atoms with Gasteiger partial charge in [-0.2, -0.15) is 15.0 Å². The number of nitrogens with zero attached hydrogens (tertiary/aromatic N) is 3. The Labute approximate surface area is 153 Å². The smallest absolute Gasteiger partial charge is 0.128 e. The first kappa shape index (κ1) is 16.9. The van der Waals surface area contributed by atoms with Crippen LogP contribution in [0.4, 0.5) is 4.39 Å². The predicted molar refractivity (Wildman–Crippen MR) is 100 cm³/mol. The van der Waals surface area contributed by atoms with Gasteiger partial charge in [0.1, 0.15) is 17.2 Å². The van der Waals surface area contributed by atoms with Crippen LogP contribution in [0.15, 0.2) is 54.6 Å². The molecule has 1 N–H and O–H groups in total. The molecule has 0 atom stereocenters. The van der Waals surface area contributed by atoms with Gasteiger partial charge in [0, 0.05) is 23.7 Å². The molecule has 1 aromatic heterocycles. The summed E-state index contributed by atoms with van der Waals surface area (Å²) in [7, 11) is 0. The molecular weight excluding hydrogens is 327 g/mol. The SMILES string of the molecule is Fc1ccccc1Cn1nc(CNC2CCCC2)c(-c2ccccc2)n1. The van der Waals surface area contributed by atoms with Crippen LogP contribution in [0.2, 0.25) is 0 Å². The van der Waals surface area contributed by atoms with E-state index in [2.05, 4.69) is 15.5 Å². The zero-order valence-electron chi connectivity index (χ0n) is 14.7. The van der Waals surface area contributed by atoms with Crippen molar-refractivity contribution in [3.8, 4) is 11.3 Å². The fourth-order valence-electron chi connectivity index (χ4n) is 3.54. The molecule has 0 amide bonds. The maximum absolute atomic E-state index is 14.0. The zero-order chi connectivity index (χ0) is 17.8. The summed E-state index contributed by atoms with van der Waals surface area (Å²) in [5.74, 6) is -0.225. The molecule has 4 rings (SSSR count). The third-order valence-electron chi connectivity index (χ3n) is 4.96. The molecule has 5 heteroatoms. The van der Waals surface area contributed by atoms with Crippen LogP contribution < -0.4 is 5.32 Å². The second-order valence-corrected chi connectivity index (χ2v) is 6.85. The maximum Gasteiger partial charge on any atom is 0.128 e. The summed E-state index contributed by atoms with van der Waals surface area (Å²) in [6, 6.07) is 17.4. The molecule has 4 nitrogen and oxygen atoms in total. The molecule has 0 saturated heterocycles. The van der Waals surface area contributed by atoms with Crippen molar-refractivity contribution in [3.63, 3.8) is 0 Å². The third kappa shape index (κ3) is 3.83. The predicted octanol–water partition coefficient (Wildman–Crippen LogP) is 4.16. The Kier molecular flexibility index (Phi) is 5.07. The van der Waals surface area contributed by atoms with Gasteiger partial charge >= 0.3 is 0 Å². The lowest BCUT2D eigenvalue weighted by Gasteiger charge is -2.10. The van der Waals surface area contributed by atoms with Crippen LogP contribution in [0, 0.1) is 5.82 Å². The highest BCUT2D eigenvalue weighted by atomic mass is 19.1. The van der Waals surface area contributed by atoms with E-state index in [1.54, 1.807) is 16.9 Å². The highest BCUT2D eigenvalue weighted by Gasteiger charge is 2.18. The summed E-state index contributed by atoms with van der Waals surface area (Å²) in [4.78, 5) is 1.60. The van der Waals surface area contributed by atoms with Gasteiger partial charge in [0.2, 0.25) is 0 Å². The number of rotatable bonds is 6. The lowest BCUT2D eigenvalue weighted by atomic mass is 10.1. The molecule has 1 aliphatic carbocycles. The number of halogens is 1. The van der Waals surface area contributed by atoms with Crippen LogP contribution in [-0.2, 0) is 13.1 Å². The standard InChI is InChI=1S/C21H23FN4/c22-19-13-7-4-10-17(19)15-26-24-20(14-23-18-11-5-6-12-18)21(25-26)16-8-2-1-3-9-16/h1-4,7-10,13,18,23H,5-6,11-12,14-15H2. The Morgan fingerprint density at radius 3 is 2.46 bits per heavy atom. The van der Waals surface area contributed by atoms with E-state index in [0.717, 1.165) is 17.0 Å². The quantitative estimate of drug-likeness (QED) is 0.726. The van der Waals surface area contributed by atoms with E-state index < -0.39 is 0 Å². The minimum absolute atomic E-state index is 0.225. The van der Waals surface area contributed by atoms with E-state index >= 15 is 0 Å². The minimum atomic E-state index is -0.225. The summed E-state index contributed by atoms with van der Waals surface area (Å²) in [6.45, 7) is 1.02. The summed E-state index contributed by atoms with van der Waals surface area (Å²) in [5, 5.41) is 12.9. The van der Waals surface area contributed by atoms with E-state index in [9.17, 15) is 4.39 Å². The molecule has 3 aromatic rings. The molecule has 2 aromatic carbocycles. The summed E-state index contributed by atoms with van der Waals surface area (Å²) < 4.78 is 14.0. The molecule has 1 saturated carbocycles. The van der Waals surface area contributed by atoms with Crippen molar-refractivity contribution >= 4 is 0 Å². The second kappa shape index (κ2) is 7.79. The topological polar surface area (TPSA) is 42.7 Å². The lowest BCUT2D eigenvalue weighted by Crippen LogP contribution is -2.25. The summed E-state index contributed by atoms with van der Waals surface area (Å²) in [5.41, 5.74) is 3.42. The van der Waals surface area contributed by atoms with E-state index in [-0.39, 0.29) is 5.82 Å².